The predicted octanol–water partition coefficient (Wildman–Crippen LogP) is 10.2. The highest BCUT2D eigenvalue weighted by Crippen LogP contribution is 2.18. The minimum atomic E-state index is -0.188. The van der Waals surface area contributed by atoms with E-state index in [1.807, 2.05) is 0 Å². The van der Waals surface area contributed by atoms with E-state index in [0.29, 0.717) is 0 Å². The smallest absolute Gasteiger partial charge is 0.210 e. The van der Waals surface area contributed by atoms with Crippen LogP contribution in [0.15, 0.2) is 0 Å². The third-order valence-corrected chi connectivity index (χ3v) is 8.73. The Bertz CT molecular complexity index is 441. The van der Waals surface area contributed by atoms with Crippen LogP contribution in [0.5, 0.6) is 0 Å². The van der Waals surface area contributed by atoms with Crippen LogP contribution < -0.4 is 0 Å². The maximum Gasteiger partial charge on any atom is 0.210 e. The van der Waals surface area contributed by atoms with Crippen LogP contribution in [0.1, 0.15) is 175 Å². The van der Waals surface area contributed by atoms with E-state index in [0.717, 1.165) is 37.1 Å². The first-order valence-electron chi connectivity index (χ1n) is 17.7. The van der Waals surface area contributed by atoms with E-state index in [-0.39, 0.29) is 18.9 Å². The number of likely N-dealkylation sites (N-methyl/N-ethyl adjacent to an activating group) is 1. The molecule has 0 heterocycles. The number of unbranched alkanes of at least 4 members (excludes halogenated alkanes) is 22. The minimum absolute atomic E-state index is 0.188. The molecule has 0 rings (SSSR count). The summed E-state index contributed by atoms with van der Waals surface area (Å²) in [6.07, 6.45) is 32.5. The van der Waals surface area contributed by atoms with Crippen LogP contribution in [-0.2, 0) is 9.47 Å². The third kappa shape index (κ3) is 25.3. The molecule has 236 valence electrons. The lowest BCUT2D eigenvalue weighted by Crippen LogP contribution is -2.55. The Morgan fingerprint density at radius 2 is 0.769 bits per heavy atom. The van der Waals surface area contributed by atoms with Crippen molar-refractivity contribution in [3.8, 4) is 0 Å². The van der Waals surface area contributed by atoms with E-state index in [1.54, 1.807) is 0 Å². The van der Waals surface area contributed by atoms with Gasteiger partial charge in [-0.1, -0.05) is 155 Å². The zero-order chi connectivity index (χ0) is 28.9. The molecule has 0 aromatic carbocycles. The fourth-order valence-electron chi connectivity index (χ4n) is 5.40. The van der Waals surface area contributed by atoms with Crippen molar-refractivity contribution in [3.63, 3.8) is 0 Å². The highest BCUT2D eigenvalue weighted by Gasteiger charge is 2.32. The van der Waals surface area contributed by atoms with Gasteiger partial charge in [-0.2, -0.15) is 0 Å². The zero-order valence-electron chi connectivity index (χ0n) is 27.7. The summed E-state index contributed by atoms with van der Waals surface area (Å²) in [7, 11) is 4.35. The Balaban J connectivity index is 3.98. The SMILES string of the molecule is CCCCCCCCCCCCCCOC(OCCCCCCCCCCCCCC)C(C)[N+](C)(C)CCO. The first-order chi connectivity index (χ1) is 19.0. The molecule has 39 heavy (non-hydrogen) atoms. The van der Waals surface area contributed by atoms with Crippen LogP contribution in [0, 0.1) is 0 Å². The van der Waals surface area contributed by atoms with Crippen molar-refractivity contribution >= 4 is 0 Å². The molecule has 0 aliphatic heterocycles. The molecular weight excluding hydrogens is 482 g/mol. The molecule has 0 bridgehead atoms. The van der Waals surface area contributed by atoms with Gasteiger partial charge in [-0.15, -0.1) is 0 Å². The lowest BCUT2D eigenvalue weighted by atomic mass is 10.1. The monoisotopic (exact) mass is 557 g/mol. The Morgan fingerprint density at radius 3 is 1.05 bits per heavy atom. The quantitative estimate of drug-likeness (QED) is 0.0509. The van der Waals surface area contributed by atoms with Crippen LogP contribution in [0.3, 0.4) is 0 Å². The summed E-state index contributed by atoms with van der Waals surface area (Å²) in [5.41, 5.74) is 0. The van der Waals surface area contributed by atoms with E-state index in [4.69, 9.17) is 9.47 Å². The molecule has 0 amide bonds. The van der Waals surface area contributed by atoms with Gasteiger partial charge in [0.25, 0.3) is 0 Å². The lowest BCUT2D eigenvalue weighted by molar-refractivity contribution is -0.920. The average Bonchev–Trinajstić information content (AvgIpc) is 2.92. The first kappa shape index (κ1) is 38.8. The number of hydrogen-bond donors (Lipinski definition) is 1. The van der Waals surface area contributed by atoms with Crippen molar-refractivity contribution < 1.29 is 19.1 Å². The molecule has 1 N–H and O–H groups in total. The molecule has 4 nitrogen and oxygen atoms in total. The van der Waals surface area contributed by atoms with Gasteiger partial charge in [-0.3, -0.25) is 0 Å². The van der Waals surface area contributed by atoms with Gasteiger partial charge in [0, 0.05) is 13.2 Å². The summed E-state index contributed by atoms with van der Waals surface area (Å²) >= 11 is 0. The molecule has 0 radical (unpaired) electrons. The second-order valence-corrected chi connectivity index (χ2v) is 12.9. The van der Waals surface area contributed by atoms with Gasteiger partial charge in [0.1, 0.15) is 12.6 Å². The molecule has 0 aliphatic carbocycles. The third-order valence-electron chi connectivity index (χ3n) is 8.73. The van der Waals surface area contributed by atoms with E-state index in [9.17, 15) is 5.11 Å². The maximum atomic E-state index is 9.53. The van der Waals surface area contributed by atoms with E-state index in [1.165, 1.54) is 141 Å². The topological polar surface area (TPSA) is 38.7 Å². The molecular formula is C35H74NO3+. The normalized spacial score (nSPS) is 13.0. The summed E-state index contributed by atoms with van der Waals surface area (Å²) in [6.45, 7) is 9.27. The molecule has 4 heteroatoms. The van der Waals surface area contributed by atoms with E-state index >= 15 is 0 Å². The van der Waals surface area contributed by atoms with Crippen molar-refractivity contribution in [2.75, 3.05) is 40.5 Å². The molecule has 1 unspecified atom stereocenters. The summed E-state index contributed by atoms with van der Waals surface area (Å²) in [4.78, 5) is 0. The number of nitrogens with zero attached hydrogens (tertiary/aromatic N) is 1. The zero-order valence-corrected chi connectivity index (χ0v) is 27.7. The maximum absolute atomic E-state index is 9.53. The molecule has 1 atom stereocenters. The highest BCUT2D eigenvalue weighted by molar-refractivity contribution is 4.59. The van der Waals surface area contributed by atoms with Crippen molar-refractivity contribution in [2.24, 2.45) is 0 Å². The van der Waals surface area contributed by atoms with Crippen LogP contribution >= 0.6 is 0 Å². The van der Waals surface area contributed by atoms with Crippen LogP contribution in [-0.4, -0.2) is 62.4 Å². The van der Waals surface area contributed by atoms with Crippen molar-refractivity contribution in [3.05, 3.63) is 0 Å². The largest absolute Gasteiger partial charge is 0.391 e. The number of aliphatic hydroxyl groups is 1. The minimum Gasteiger partial charge on any atom is -0.391 e. The van der Waals surface area contributed by atoms with E-state index in [2.05, 4.69) is 34.9 Å². The Morgan fingerprint density at radius 1 is 0.487 bits per heavy atom. The van der Waals surface area contributed by atoms with Gasteiger partial charge in [0.15, 0.2) is 0 Å². The van der Waals surface area contributed by atoms with Gasteiger partial charge in [-0.25, -0.2) is 0 Å². The number of hydrogen-bond acceptors (Lipinski definition) is 3. The molecule has 0 aliphatic rings. The molecule has 0 saturated carbocycles. The summed E-state index contributed by atoms with van der Waals surface area (Å²) in [5.74, 6) is 0. The second-order valence-electron chi connectivity index (χ2n) is 12.9. The molecule has 0 spiro atoms. The Hall–Kier alpha value is -0.160. The average molecular weight is 557 g/mol. The summed E-state index contributed by atoms with van der Waals surface area (Å²) < 4.78 is 13.4. The number of aliphatic hydroxyl groups excluding tert-OH is 1. The summed E-state index contributed by atoms with van der Waals surface area (Å²) in [6, 6.07) is 0.201. The van der Waals surface area contributed by atoms with Gasteiger partial charge in [0.05, 0.1) is 20.7 Å². The number of quaternary nitrogens is 1. The Labute approximate surface area is 246 Å². The van der Waals surface area contributed by atoms with Crippen LogP contribution in [0.4, 0.5) is 0 Å². The second kappa shape index (κ2) is 29.3. The van der Waals surface area contributed by atoms with Crippen molar-refractivity contribution in [2.45, 2.75) is 187 Å². The fourth-order valence-corrected chi connectivity index (χ4v) is 5.40. The standard InChI is InChI=1S/C35H74NO3/c1-6-8-10-12-14-16-18-20-22-24-26-28-32-38-35(34(3)36(4,5)30-31-37)39-33-29-27-25-23-21-19-17-15-13-11-9-7-2/h34-35,37H,6-33H2,1-5H3/q+1. The van der Waals surface area contributed by atoms with Gasteiger partial charge in [0.2, 0.25) is 6.29 Å². The predicted molar refractivity (Wildman–Crippen MR) is 171 cm³/mol. The van der Waals surface area contributed by atoms with Gasteiger partial charge >= 0.3 is 0 Å². The molecule has 0 fully saturated rings. The summed E-state index contributed by atoms with van der Waals surface area (Å²) in [5, 5.41) is 9.53. The Kier molecular flexibility index (Phi) is 29.2. The number of rotatable bonds is 32. The van der Waals surface area contributed by atoms with Crippen molar-refractivity contribution in [1.29, 1.82) is 0 Å². The lowest BCUT2D eigenvalue weighted by Gasteiger charge is -2.39. The highest BCUT2D eigenvalue weighted by atomic mass is 16.7. The number of ether oxygens (including phenoxy) is 2. The van der Waals surface area contributed by atoms with Crippen LogP contribution in [0.2, 0.25) is 0 Å². The van der Waals surface area contributed by atoms with Crippen LogP contribution in [0.25, 0.3) is 0 Å². The molecule has 0 saturated heterocycles. The van der Waals surface area contributed by atoms with Gasteiger partial charge in [-0.05, 0) is 19.8 Å². The van der Waals surface area contributed by atoms with Gasteiger partial charge < -0.3 is 19.1 Å². The fraction of sp³-hybridized carbons (Fsp3) is 1.00. The van der Waals surface area contributed by atoms with E-state index < -0.39 is 0 Å². The first-order valence-corrected chi connectivity index (χ1v) is 17.7. The molecule has 0 aromatic heterocycles. The molecule has 0 aromatic rings. The van der Waals surface area contributed by atoms with Crippen molar-refractivity contribution in [1.82, 2.24) is 0 Å².